The molecule has 0 spiro atoms. The number of benzene rings is 1. The molecule has 0 saturated heterocycles. The molecule has 1 aliphatic rings. The van der Waals surface area contributed by atoms with E-state index in [4.69, 9.17) is 9.90 Å². The monoisotopic (exact) mass is 394 g/mol. The minimum atomic E-state index is -0.833. The fourth-order valence-electron chi connectivity index (χ4n) is 1.79. The van der Waals surface area contributed by atoms with Crippen molar-refractivity contribution in [1.29, 1.82) is 0 Å². The van der Waals surface area contributed by atoms with Gasteiger partial charge in [0.15, 0.2) is 0 Å². The maximum absolute atomic E-state index is 9.00. The van der Waals surface area contributed by atoms with E-state index in [1.807, 2.05) is 24.3 Å². The molecule has 4 rings (SSSR count). The molecule has 3 aromatic rings. The van der Waals surface area contributed by atoms with Crippen LogP contribution in [-0.4, -0.2) is 21.0 Å². The summed E-state index contributed by atoms with van der Waals surface area (Å²) in [6.45, 7) is 3.19. The predicted octanol–water partition coefficient (Wildman–Crippen LogP) is 3.14. The number of carbonyl (C=O) groups is 1. The molecule has 0 aliphatic carbocycles. The van der Waals surface area contributed by atoms with Gasteiger partial charge in [-0.3, -0.25) is 4.79 Å². The summed E-state index contributed by atoms with van der Waals surface area (Å²) in [7, 11) is 0. The van der Waals surface area contributed by atoms with Gasteiger partial charge in [0.05, 0.1) is 0 Å². The second kappa shape index (κ2) is 16.0. The SMILES string of the molecule is CC(=O)O.[Co+2].[c-]1ccccn1.[c-]1ccccn1.c1ccc2c(c1)CNC2. The van der Waals surface area contributed by atoms with Crippen LogP contribution < -0.4 is 5.32 Å². The van der Waals surface area contributed by atoms with E-state index in [0.717, 1.165) is 20.0 Å². The van der Waals surface area contributed by atoms with Gasteiger partial charge in [-0.2, -0.15) is 36.4 Å². The summed E-state index contributed by atoms with van der Waals surface area (Å²) >= 11 is 0. The molecule has 0 atom stereocenters. The molecule has 137 valence electrons. The van der Waals surface area contributed by atoms with Crippen molar-refractivity contribution in [2.75, 3.05) is 0 Å². The molecule has 26 heavy (non-hydrogen) atoms. The predicted molar refractivity (Wildman–Crippen MR) is 96.4 cm³/mol. The van der Waals surface area contributed by atoms with E-state index in [0.29, 0.717) is 0 Å². The zero-order chi connectivity index (χ0) is 18.2. The minimum Gasteiger partial charge on any atom is -0.481 e. The molecular weight excluding hydrogens is 373 g/mol. The Morgan fingerprint density at radius 3 is 1.58 bits per heavy atom. The first kappa shape index (κ1) is 23.5. The number of nitrogens with zero attached hydrogens (tertiary/aromatic N) is 2. The van der Waals surface area contributed by atoms with Crippen LogP contribution in [0.4, 0.5) is 0 Å². The molecule has 6 heteroatoms. The van der Waals surface area contributed by atoms with Crippen LogP contribution in [0.25, 0.3) is 0 Å². The van der Waals surface area contributed by atoms with Crippen molar-refractivity contribution in [3.63, 3.8) is 0 Å². The van der Waals surface area contributed by atoms with Crippen molar-refractivity contribution in [3.8, 4) is 0 Å². The average Bonchev–Trinajstić information content (AvgIpc) is 3.14. The van der Waals surface area contributed by atoms with E-state index in [1.165, 1.54) is 11.1 Å². The first-order chi connectivity index (χ1) is 12.2. The number of carboxylic acids is 1. The molecule has 2 N–H and O–H groups in total. The summed E-state index contributed by atoms with van der Waals surface area (Å²) in [4.78, 5) is 16.3. The Kier molecular flexibility index (Phi) is 14.4. The van der Waals surface area contributed by atoms with E-state index < -0.39 is 5.97 Å². The van der Waals surface area contributed by atoms with Crippen LogP contribution in [0, 0.1) is 12.4 Å². The van der Waals surface area contributed by atoms with Gasteiger partial charge in [-0.25, -0.2) is 0 Å². The number of hydrogen-bond donors (Lipinski definition) is 2. The normalized spacial score (nSPS) is 10.0. The second-order valence-corrected chi connectivity index (χ2v) is 4.81. The molecule has 3 heterocycles. The minimum absolute atomic E-state index is 0. The maximum Gasteiger partial charge on any atom is 2.00 e. The van der Waals surface area contributed by atoms with E-state index in [2.05, 4.69) is 51.9 Å². The van der Waals surface area contributed by atoms with Crippen molar-refractivity contribution in [2.24, 2.45) is 0 Å². The van der Waals surface area contributed by atoms with E-state index in [9.17, 15) is 0 Å². The standard InChI is InChI=1S/C8H9N.2C5H4N.C2H4O2.Co/c1-2-4-8-6-9-5-7(8)3-1;2*1-2-4-6-5-3-1;1-2(3)4;/h1-4,9H,5-6H2;2*1-4H;1H3,(H,3,4);/q;2*-1;;+2. The largest absolute Gasteiger partial charge is 2.00 e. The van der Waals surface area contributed by atoms with Gasteiger partial charge in [0.1, 0.15) is 0 Å². The molecule has 0 unspecified atom stereocenters. The number of rotatable bonds is 0. The van der Waals surface area contributed by atoms with E-state index in [1.54, 1.807) is 24.5 Å². The first-order valence-corrected chi connectivity index (χ1v) is 7.71. The molecule has 0 bridgehead atoms. The Hall–Kier alpha value is -2.54. The molecule has 0 saturated carbocycles. The molecule has 0 amide bonds. The topological polar surface area (TPSA) is 75.1 Å². The summed E-state index contributed by atoms with van der Waals surface area (Å²) in [6, 6.07) is 19.5. The Morgan fingerprint density at radius 1 is 0.923 bits per heavy atom. The number of nitrogens with one attached hydrogen (secondary N) is 1. The van der Waals surface area contributed by atoms with Gasteiger partial charge in [-0.05, 0) is 11.1 Å². The van der Waals surface area contributed by atoms with Crippen LogP contribution in [-0.2, 0) is 34.7 Å². The summed E-state index contributed by atoms with van der Waals surface area (Å²) in [5, 5.41) is 10.7. The zero-order valence-electron chi connectivity index (χ0n) is 14.4. The van der Waals surface area contributed by atoms with Gasteiger partial charge in [0.2, 0.25) is 0 Å². The summed E-state index contributed by atoms with van der Waals surface area (Å²) in [6.07, 6.45) is 8.67. The van der Waals surface area contributed by atoms with Crippen LogP contribution in [0.3, 0.4) is 0 Å². The van der Waals surface area contributed by atoms with Gasteiger partial charge in [-0.1, -0.05) is 49.1 Å². The van der Waals surface area contributed by atoms with E-state index >= 15 is 0 Å². The third kappa shape index (κ3) is 12.8. The molecule has 5 nitrogen and oxygen atoms in total. The quantitative estimate of drug-likeness (QED) is 0.573. The van der Waals surface area contributed by atoms with Crippen LogP contribution >= 0.6 is 0 Å². The van der Waals surface area contributed by atoms with Crippen LogP contribution in [0.2, 0.25) is 0 Å². The number of fused-ring (bicyclic) bond motifs is 1. The van der Waals surface area contributed by atoms with Gasteiger partial charge < -0.3 is 20.4 Å². The number of aromatic nitrogens is 2. The third-order valence-corrected chi connectivity index (χ3v) is 2.78. The van der Waals surface area contributed by atoms with Gasteiger partial charge in [-0.15, -0.1) is 0 Å². The van der Waals surface area contributed by atoms with E-state index in [-0.39, 0.29) is 16.8 Å². The molecular formula is C20H21CoN3O2. The van der Waals surface area contributed by atoms with Crippen molar-refractivity contribution >= 4 is 5.97 Å². The smallest absolute Gasteiger partial charge is 0.481 e. The fraction of sp³-hybridized carbons (Fsp3) is 0.150. The summed E-state index contributed by atoms with van der Waals surface area (Å²) in [5.74, 6) is -0.833. The van der Waals surface area contributed by atoms with Crippen molar-refractivity contribution in [2.45, 2.75) is 20.0 Å². The molecule has 1 aromatic carbocycles. The summed E-state index contributed by atoms with van der Waals surface area (Å²) in [5.41, 5.74) is 2.91. The van der Waals surface area contributed by atoms with Gasteiger partial charge in [0.25, 0.3) is 5.97 Å². The maximum atomic E-state index is 9.00. The number of carboxylic acid groups (broad SMARTS) is 1. The van der Waals surface area contributed by atoms with Gasteiger partial charge in [0, 0.05) is 20.0 Å². The molecule has 0 fully saturated rings. The molecule has 2 aromatic heterocycles. The van der Waals surface area contributed by atoms with Crippen molar-refractivity contribution < 1.29 is 26.7 Å². The third-order valence-electron chi connectivity index (χ3n) is 2.78. The molecule has 1 aliphatic heterocycles. The first-order valence-electron chi connectivity index (χ1n) is 7.71. The van der Waals surface area contributed by atoms with Crippen LogP contribution in [0.15, 0.2) is 73.1 Å². The van der Waals surface area contributed by atoms with Crippen molar-refractivity contribution in [1.82, 2.24) is 15.3 Å². The number of pyridine rings is 2. The zero-order valence-corrected chi connectivity index (χ0v) is 15.5. The summed E-state index contributed by atoms with van der Waals surface area (Å²) < 4.78 is 0. The Labute approximate surface area is 164 Å². The Morgan fingerprint density at radius 2 is 1.35 bits per heavy atom. The Bertz CT molecular complexity index is 586. The number of hydrogen-bond acceptors (Lipinski definition) is 4. The van der Waals surface area contributed by atoms with Crippen LogP contribution in [0.5, 0.6) is 0 Å². The average molecular weight is 394 g/mol. The van der Waals surface area contributed by atoms with Crippen molar-refractivity contribution in [3.05, 3.63) is 96.6 Å². The second-order valence-electron chi connectivity index (χ2n) is 4.81. The Balaban J connectivity index is 0.000000331. The fourth-order valence-corrected chi connectivity index (χ4v) is 1.79. The number of aliphatic carboxylic acids is 1. The van der Waals surface area contributed by atoms with Crippen LogP contribution in [0.1, 0.15) is 18.1 Å². The van der Waals surface area contributed by atoms with Gasteiger partial charge >= 0.3 is 16.8 Å². The molecule has 1 radical (unpaired) electrons.